The number of rotatable bonds is 14. The van der Waals surface area contributed by atoms with Gasteiger partial charge in [-0.05, 0) is 76.1 Å². The summed E-state index contributed by atoms with van der Waals surface area (Å²) < 4.78 is 32.2. The minimum absolute atomic E-state index is 0.00108. The molecule has 0 heterocycles. The average molecular weight is 663 g/mol. The monoisotopic (exact) mass is 661 g/mol. The van der Waals surface area contributed by atoms with Crippen molar-refractivity contribution in [3.63, 3.8) is 0 Å². The molecule has 0 saturated heterocycles. The number of nitrogens with one attached hydrogen (secondary N) is 1. The third-order valence-electron chi connectivity index (χ3n) is 6.75. The van der Waals surface area contributed by atoms with Crippen LogP contribution in [0.1, 0.15) is 51.7 Å². The van der Waals surface area contributed by atoms with Gasteiger partial charge >= 0.3 is 0 Å². The predicted molar refractivity (Wildman–Crippen MR) is 178 cm³/mol. The van der Waals surface area contributed by atoms with Crippen molar-refractivity contribution in [2.45, 2.75) is 65.1 Å². The van der Waals surface area contributed by atoms with E-state index in [2.05, 4.69) is 5.32 Å². The van der Waals surface area contributed by atoms with Crippen LogP contribution >= 0.6 is 23.2 Å². The standard InChI is InChI=1S/C33H41Cl2N3O5S/c1-6-43-26-19-17-25(18-20-26)38(44(5,41)42)21-11-16-31(39)37(23-27-28(34)14-10-15-29(27)35)30(32(40)36-33(2,3)4)22-24-12-8-7-9-13-24/h7-10,12-15,17-20,30H,6,11,16,21-23H2,1-5H3,(H,36,40). The number of carbonyl (C=O) groups is 2. The number of sulfonamides is 1. The zero-order chi connectivity index (χ0) is 32.5. The molecule has 8 nitrogen and oxygen atoms in total. The molecule has 0 aliphatic rings. The van der Waals surface area contributed by atoms with Crippen molar-refractivity contribution in [3.8, 4) is 5.75 Å². The number of hydrogen-bond acceptors (Lipinski definition) is 5. The molecule has 238 valence electrons. The van der Waals surface area contributed by atoms with Crippen molar-refractivity contribution in [1.82, 2.24) is 10.2 Å². The van der Waals surface area contributed by atoms with Crippen LogP contribution in [-0.4, -0.2) is 56.1 Å². The molecule has 0 aliphatic heterocycles. The second-order valence-corrected chi connectivity index (χ2v) is 14.3. The summed E-state index contributed by atoms with van der Waals surface area (Å²) in [4.78, 5) is 29.3. The number of ether oxygens (including phenoxy) is 1. The van der Waals surface area contributed by atoms with E-state index in [-0.39, 0.29) is 44.2 Å². The zero-order valence-corrected chi connectivity index (χ0v) is 28.2. The molecule has 0 saturated carbocycles. The normalized spacial score (nSPS) is 12.3. The first-order valence-corrected chi connectivity index (χ1v) is 17.1. The minimum Gasteiger partial charge on any atom is -0.494 e. The zero-order valence-electron chi connectivity index (χ0n) is 25.8. The first kappa shape index (κ1) is 35.2. The van der Waals surface area contributed by atoms with Crippen LogP contribution in [-0.2, 0) is 32.6 Å². The van der Waals surface area contributed by atoms with Crippen LogP contribution in [0, 0.1) is 0 Å². The number of benzene rings is 3. The van der Waals surface area contributed by atoms with E-state index in [1.165, 1.54) is 9.21 Å². The third-order valence-corrected chi connectivity index (χ3v) is 8.65. The van der Waals surface area contributed by atoms with E-state index >= 15 is 0 Å². The van der Waals surface area contributed by atoms with E-state index in [1.54, 1.807) is 42.5 Å². The van der Waals surface area contributed by atoms with Gasteiger partial charge in [0.2, 0.25) is 21.8 Å². The van der Waals surface area contributed by atoms with Crippen molar-refractivity contribution >= 4 is 50.7 Å². The lowest BCUT2D eigenvalue weighted by Crippen LogP contribution is -2.54. The number of halogens is 2. The van der Waals surface area contributed by atoms with Gasteiger partial charge in [0, 0.05) is 47.1 Å². The van der Waals surface area contributed by atoms with Crippen LogP contribution in [0.2, 0.25) is 10.0 Å². The van der Waals surface area contributed by atoms with Gasteiger partial charge in [0.1, 0.15) is 11.8 Å². The molecule has 0 aliphatic carbocycles. The van der Waals surface area contributed by atoms with Gasteiger partial charge in [-0.25, -0.2) is 8.42 Å². The molecule has 3 rings (SSSR count). The maximum Gasteiger partial charge on any atom is 0.243 e. The SMILES string of the molecule is CCOc1ccc(N(CCCC(=O)N(Cc2c(Cl)cccc2Cl)C(Cc2ccccc2)C(=O)NC(C)(C)C)S(C)(=O)=O)cc1. The predicted octanol–water partition coefficient (Wildman–Crippen LogP) is 6.49. The summed E-state index contributed by atoms with van der Waals surface area (Å²) >= 11 is 13.0. The minimum atomic E-state index is -3.64. The Bertz CT molecular complexity index is 1490. The number of anilines is 1. The Morgan fingerprint density at radius 2 is 1.55 bits per heavy atom. The molecule has 0 radical (unpaired) electrons. The molecule has 1 unspecified atom stereocenters. The molecule has 3 aromatic carbocycles. The summed E-state index contributed by atoms with van der Waals surface area (Å²) in [5, 5.41) is 3.78. The Kier molecular flexibility index (Phi) is 12.5. The maximum absolute atomic E-state index is 14.0. The molecule has 3 aromatic rings. The summed E-state index contributed by atoms with van der Waals surface area (Å²) in [6.07, 6.45) is 1.59. The topological polar surface area (TPSA) is 96.0 Å². The fourth-order valence-electron chi connectivity index (χ4n) is 4.74. The molecule has 44 heavy (non-hydrogen) atoms. The molecule has 11 heteroatoms. The van der Waals surface area contributed by atoms with Crippen molar-refractivity contribution in [2.75, 3.05) is 23.7 Å². The lowest BCUT2D eigenvalue weighted by molar-refractivity contribution is -0.142. The van der Waals surface area contributed by atoms with E-state index in [0.717, 1.165) is 11.8 Å². The first-order valence-electron chi connectivity index (χ1n) is 14.5. The van der Waals surface area contributed by atoms with Gasteiger partial charge in [0.05, 0.1) is 18.6 Å². The fraction of sp³-hybridized carbons (Fsp3) is 0.394. The van der Waals surface area contributed by atoms with E-state index in [0.29, 0.717) is 33.7 Å². The highest BCUT2D eigenvalue weighted by molar-refractivity contribution is 7.92. The Morgan fingerprint density at radius 3 is 2.09 bits per heavy atom. The lowest BCUT2D eigenvalue weighted by atomic mass is 10.00. The number of carbonyl (C=O) groups excluding carboxylic acids is 2. The largest absolute Gasteiger partial charge is 0.494 e. The van der Waals surface area contributed by atoms with Gasteiger partial charge in [0.25, 0.3) is 0 Å². The van der Waals surface area contributed by atoms with Crippen LogP contribution < -0.4 is 14.4 Å². The van der Waals surface area contributed by atoms with Crippen molar-refractivity contribution in [1.29, 1.82) is 0 Å². The second-order valence-electron chi connectivity index (χ2n) is 11.5. The second kappa shape index (κ2) is 15.6. The summed E-state index contributed by atoms with van der Waals surface area (Å²) in [7, 11) is -3.64. The molecule has 0 aromatic heterocycles. The molecule has 0 spiro atoms. The first-order chi connectivity index (χ1) is 20.7. The third kappa shape index (κ3) is 10.4. The van der Waals surface area contributed by atoms with Gasteiger partial charge in [-0.1, -0.05) is 59.6 Å². The smallest absolute Gasteiger partial charge is 0.243 e. The van der Waals surface area contributed by atoms with Crippen LogP contribution in [0.4, 0.5) is 5.69 Å². The molecule has 1 N–H and O–H groups in total. The van der Waals surface area contributed by atoms with Crippen molar-refractivity contribution < 1.29 is 22.7 Å². The highest BCUT2D eigenvalue weighted by Crippen LogP contribution is 2.28. The summed E-state index contributed by atoms with van der Waals surface area (Å²) in [5.74, 6) is -0.0112. The molecule has 1 atom stereocenters. The Morgan fingerprint density at radius 1 is 0.932 bits per heavy atom. The molecular formula is C33H41Cl2N3O5S. The van der Waals surface area contributed by atoms with E-state index in [9.17, 15) is 18.0 Å². The maximum atomic E-state index is 14.0. The van der Waals surface area contributed by atoms with Crippen LogP contribution in [0.3, 0.4) is 0 Å². The summed E-state index contributed by atoms with van der Waals surface area (Å²) in [5.41, 5.74) is 1.33. The van der Waals surface area contributed by atoms with Crippen molar-refractivity contribution in [2.24, 2.45) is 0 Å². The number of amides is 2. The van der Waals surface area contributed by atoms with Crippen LogP contribution in [0.15, 0.2) is 72.8 Å². The highest BCUT2D eigenvalue weighted by Gasteiger charge is 2.33. The van der Waals surface area contributed by atoms with Crippen molar-refractivity contribution in [3.05, 3.63) is 94.0 Å². The Balaban J connectivity index is 1.92. The quantitative estimate of drug-likeness (QED) is 0.213. The highest BCUT2D eigenvalue weighted by atomic mass is 35.5. The number of nitrogens with zero attached hydrogens (tertiary/aromatic N) is 2. The molecule has 2 amide bonds. The number of hydrogen-bond donors (Lipinski definition) is 1. The van der Waals surface area contributed by atoms with Gasteiger partial charge in [0.15, 0.2) is 0 Å². The van der Waals surface area contributed by atoms with Crippen LogP contribution in [0.5, 0.6) is 5.75 Å². The fourth-order valence-corrected chi connectivity index (χ4v) is 6.22. The van der Waals surface area contributed by atoms with Gasteiger partial charge in [-0.3, -0.25) is 13.9 Å². The Hall–Kier alpha value is -3.27. The van der Waals surface area contributed by atoms with E-state index in [1.807, 2.05) is 58.0 Å². The Labute approximate surface area is 271 Å². The van der Waals surface area contributed by atoms with E-state index in [4.69, 9.17) is 27.9 Å². The molecule has 0 fully saturated rings. The van der Waals surface area contributed by atoms with Gasteiger partial charge in [-0.15, -0.1) is 0 Å². The summed E-state index contributed by atoms with van der Waals surface area (Å²) in [6.45, 7) is 8.06. The lowest BCUT2D eigenvalue weighted by Gasteiger charge is -2.34. The van der Waals surface area contributed by atoms with Gasteiger partial charge < -0.3 is 15.0 Å². The van der Waals surface area contributed by atoms with E-state index < -0.39 is 21.6 Å². The molecular weight excluding hydrogens is 621 g/mol. The molecule has 0 bridgehead atoms. The van der Waals surface area contributed by atoms with Crippen LogP contribution in [0.25, 0.3) is 0 Å². The average Bonchev–Trinajstić information content (AvgIpc) is 2.94. The van der Waals surface area contributed by atoms with Gasteiger partial charge in [-0.2, -0.15) is 0 Å². The summed E-state index contributed by atoms with van der Waals surface area (Å²) in [6, 6.07) is 20.4.